The fraction of sp³-hybridized carbons (Fsp3) is 0.400. The predicted octanol–water partition coefficient (Wildman–Crippen LogP) is 1.49. The van der Waals surface area contributed by atoms with Crippen LogP contribution in [0.4, 0.5) is 0 Å². The molecule has 13 heavy (non-hydrogen) atoms. The van der Waals surface area contributed by atoms with E-state index in [1.54, 1.807) is 0 Å². The van der Waals surface area contributed by atoms with Gasteiger partial charge in [-0.3, -0.25) is 0 Å². The second kappa shape index (κ2) is 6.17. The predicted molar refractivity (Wildman–Crippen MR) is 48.2 cm³/mol. The zero-order chi connectivity index (χ0) is 9.52. The number of aliphatic hydroxyl groups excluding tert-OH is 1. The van der Waals surface area contributed by atoms with Crippen LogP contribution in [0.2, 0.25) is 0 Å². The zero-order valence-corrected chi connectivity index (χ0v) is 9.62. The van der Waals surface area contributed by atoms with E-state index in [0.717, 1.165) is 19.4 Å². The van der Waals surface area contributed by atoms with E-state index < -0.39 is 0 Å². The van der Waals surface area contributed by atoms with Gasteiger partial charge in [0, 0.05) is 0 Å². The van der Waals surface area contributed by atoms with Gasteiger partial charge in [0.15, 0.2) is 0 Å². The molecule has 0 spiro atoms. The molecule has 0 unspecified atom stereocenters. The van der Waals surface area contributed by atoms with Crippen LogP contribution in [-0.2, 0) is 32.5 Å². The summed E-state index contributed by atoms with van der Waals surface area (Å²) in [5.41, 5.74) is 2.54. The third-order valence-corrected chi connectivity index (χ3v) is 2.46. The molecule has 74 valence electrons. The fourth-order valence-electron chi connectivity index (χ4n) is 1.32. The first-order valence-corrected chi connectivity index (χ1v) is 5.32. The van der Waals surface area contributed by atoms with Crippen LogP contribution in [0, 0.1) is 0 Å². The Kier molecular flexibility index (Phi) is 5.10. The van der Waals surface area contributed by atoms with Gasteiger partial charge < -0.3 is 0 Å². The first-order chi connectivity index (χ1) is 6.38. The number of aliphatic hydroxyl groups is 1. The third-order valence-electron chi connectivity index (χ3n) is 1.95. The summed E-state index contributed by atoms with van der Waals surface area (Å²) in [5.74, 6) is 0. The Hall–Kier alpha value is -0.332. The quantitative estimate of drug-likeness (QED) is 0.850. The number of rotatable bonds is 5. The monoisotopic (exact) mass is 358 g/mol. The maximum absolute atomic E-state index is 8.84. The van der Waals surface area contributed by atoms with Gasteiger partial charge in [-0.25, -0.2) is 0 Å². The third kappa shape index (κ3) is 3.49. The topological polar surface area (TPSA) is 32.6 Å². The van der Waals surface area contributed by atoms with Crippen molar-refractivity contribution in [1.29, 1.82) is 0 Å². The molecule has 0 saturated heterocycles. The average molecular weight is 358 g/mol. The molecule has 1 aromatic rings. The molecule has 1 rings (SSSR count). The molecule has 0 aromatic heterocycles. The first-order valence-electron chi connectivity index (χ1n) is 4.31. The van der Waals surface area contributed by atoms with Crippen molar-refractivity contribution in [3.8, 4) is 0 Å². The molecule has 0 aliphatic rings. The summed E-state index contributed by atoms with van der Waals surface area (Å²) in [4.78, 5) is 0. The molecule has 0 aliphatic heterocycles. The summed E-state index contributed by atoms with van der Waals surface area (Å²) in [6.07, 6.45) is 1.72. The summed E-state index contributed by atoms with van der Waals surface area (Å²) >= 11 is 2.01. The van der Waals surface area contributed by atoms with E-state index in [1.807, 2.05) is 31.8 Å². The molecule has 0 bridgehead atoms. The molecule has 0 saturated carbocycles. The van der Waals surface area contributed by atoms with Crippen molar-refractivity contribution in [3.63, 3.8) is 0 Å². The molecule has 0 fully saturated rings. The molecule has 0 aliphatic carbocycles. The van der Waals surface area contributed by atoms with Gasteiger partial charge in [-0.2, -0.15) is 0 Å². The van der Waals surface area contributed by atoms with Gasteiger partial charge in [0.25, 0.3) is 0 Å². The standard InChI is InChI=1S/C10H13NO.Pt/c11-7-5-9-3-1-2-4-10(9)6-8-12;/h1-4,12H,5-8H2;. The zero-order valence-electron chi connectivity index (χ0n) is 7.35. The van der Waals surface area contributed by atoms with Gasteiger partial charge in [-0.1, -0.05) is 0 Å². The summed E-state index contributed by atoms with van der Waals surface area (Å²) < 4.78 is 4.04. The summed E-state index contributed by atoms with van der Waals surface area (Å²) in [5, 5.41) is 8.84. The SMILES string of the molecule is OCCc1ccccc1CC[N]=[Pt]. The second-order valence-electron chi connectivity index (χ2n) is 2.82. The Morgan fingerprint density at radius 3 is 2.31 bits per heavy atom. The number of hydrogen-bond donors (Lipinski definition) is 1. The number of hydrogen-bond acceptors (Lipinski definition) is 2. The van der Waals surface area contributed by atoms with E-state index in [4.69, 9.17) is 5.11 Å². The van der Waals surface area contributed by atoms with Crippen LogP contribution in [-0.4, -0.2) is 18.3 Å². The Morgan fingerprint density at radius 2 is 1.77 bits per heavy atom. The average Bonchev–Trinajstić information content (AvgIpc) is 2.17. The van der Waals surface area contributed by atoms with Crippen LogP contribution in [0.15, 0.2) is 27.8 Å². The van der Waals surface area contributed by atoms with E-state index >= 15 is 0 Å². The van der Waals surface area contributed by atoms with Crippen molar-refractivity contribution in [1.82, 2.24) is 0 Å². The summed E-state index contributed by atoms with van der Waals surface area (Å²) in [6, 6.07) is 8.21. The van der Waals surface area contributed by atoms with E-state index in [1.165, 1.54) is 11.1 Å². The van der Waals surface area contributed by atoms with Gasteiger partial charge in [0.05, 0.1) is 0 Å². The minimum absolute atomic E-state index is 0.221. The van der Waals surface area contributed by atoms with E-state index in [2.05, 4.69) is 15.6 Å². The van der Waals surface area contributed by atoms with Gasteiger partial charge >= 0.3 is 89.6 Å². The van der Waals surface area contributed by atoms with Crippen molar-refractivity contribution in [3.05, 3.63) is 35.4 Å². The Morgan fingerprint density at radius 1 is 1.15 bits per heavy atom. The van der Waals surface area contributed by atoms with Crippen molar-refractivity contribution in [2.24, 2.45) is 3.50 Å². The first kappa shape index (κ1) is 10.7. The molecule has 0 atom stereocenters. The van der Waals surface area contributed by atoms with Gasteiger partial charge in [0.1, 0.15) is 0 Å². The van der Waals surface area contributed by atoms with Crippen LogP contribution < -0.4 is 0 Å². The molecule has 1 aromatic carbocycles. The number of nitrogens with zero attached hydrogens (tertiary/aromatic N) is 1. The molecular formula is C10H13NOPt. The molecule has 3 heteroatoms. The molecule has 0 amide bonds. The number of benzene rings is 1. The van der Waals surface area contributed by atoms with Crippen LogP contribution in [0.3, 0.4) is 0 Å². The van der Waals surface area contributed by atoms with Gasteiger partial charge in [-0.05, 0) is 0 Å². The van der Waals surface area contributed by atoms with Crippen molar-refractivity contribution in [2.45, 2.75) is 12.8 Å². The second-order valence-corrected chi connectivity index (χ2v) is 3.53. The van der Waals surface area contributed by atoms with Crippen LogP contribution in [0.5, 0.6) is 0 Å². The van der Waals surface area contributed by atoms with E-state index in [9.17, 15) is 0 Å². The van der Waals surface area contributed by atoms with Gasteiger partial charge in [0.2, 0.25) is 0 Å². The van der Waals surface area contributed by atoms with Crippen LogP contribution >= 0.6 is 0 Å². The summed E-state index contributed by atoms with van der Waals surface area (Å²) in [7, 11) is 0. The van der Waals surface area contributed by atoms with E-state index in [0.29, 0.717) is 0 Å². The minimum atomic E-state index is 0.221. The van der Waals surface area contributed by atoms with Crippen molar-refractivity contribution < 1.29 is 24.7 Å². The molecule has 0 radical (unpaired) electrons. The van der Waals surface area contributed by atoms with E-state index in [-0.39, 0.29) is 6.61 Å². The summed E-state index contributed by atoms with van der Waals surface area (Å²) in [6.45, 7) is 1.07. The van der Waals surface area contributed by atoms with Crippen LogP contribution in [0.25, 0.3) is 0 Å². The maximum atomic E-state index is 8.84. The van der Waals surface area contributed by atoms with Gasteiger partial charge in [-0.15, -0.1) is 0 Å². The van der Waals surface area contributed by atoms with Crippen molar-refractivity contribution >= 4 is 0 Å². The normalized spacial score (nSPS) is 10.1. The Bertz CT molecular complexity index is 275. The van der Waals surface area contributed by atoms with Crippen molar-refractivity contribution in [2.75, 3.05) is 13.2 Å². The van der Waals surface area contributed by atoms with Crippen LogP contribution in [0.1, 0.15) is 11.1 Å². The molecular weight excluding hydrogens is 345 g/mol. The molecule has 2 nitrogen and oxygen atoms in total. The Balaban J connectivity index is 2.71. The Labute approximate surface area is 89.7 Å². The molecule has 0 heterocycles. The fourth-order valence-corrected chi connectivity index (χ4v) is 1.58. The molecule has 1 N–H and O–H groups in total.